The van der Waals surface area contributed by atoms with Gasteiger partial charge in [0.1, 0.15) is 12.0 Å². The Hall–Kier alpha value is -1.31. The summed E-state index contributed by atoms with van der Waals surface area (Å²) in [7, 11) is 1.68. The molecule has 0 saturated heterocycles. The largest absolute Gasteiger partial charge is 0.496 e. The van der Waals surface area contributed by atoms with Crippen molar-refractivity contribution in [2.24, 2.45) is 0 Å². The van der Waals surface area contributed by atoms with E-state index in [2.05, 4.69) is 13.8 Å². The van der Waals surface area contributed by atoms with Crippen LogP contribution in [0.5, 0.6) is 5.75 Å². The molecule has 1 aromatic rings. The van der Waals surface area contributed by atoms with Gasteiger partial charge in [-0.2, -0.15) is 0 Å². The molecule has 0 atom stereocenters. The maximum atomic E-state index is 11.0. The van der Waals surface area contributed by atoms with Gasteiger partial charge in [-0.05, 0) is 41.5 Å². The monoisotopic (exact) mass is 204 g/mol. The Morgan fingerprint density at radius 2 is 2.13 bits per heavy atom. The van der Waals surface area contributed by atoms with Gasteiger partial charge in [0, 0.05) is 5.56 Å². The Morgan fingerprint density at radius 1 is 1.40 bits per heavy atom. The lowest BCUT2D eigenvalue weighted by atomic mass is 9.84. The van der Waals surface area contributed by atoms with E-state index < -0.39 is 0 Å². The third kappa shape index (κ3) is 1.44. The average Bonchev–Trinajstić information content (AvgIpc) is 2.55. The number of fused-ring (bicyclic) bond motifs is 1. The highest BCUT2D eigenvalue weighted by Crippen LogP contribution is 2.43. The fourth-order valence-electron chi connectivity index (χ4n) is 2.55. The summed E-state index contributed by atoms with van der Waals surface area (Å²) < 4.78 is 5.33. The summed E-state index contributed by atoms with van der Waals surface area (Å²) in [5, 5.41) is 0. The first-order valence-corrected chi connectivity index (χ1v) is 5.25. The van der Waals surface area contributed by atoms with Gasteiger partial charge in [0.2, 0.25) is 0 Å². The van der Waals surface area contributed by atoms with E-state index in [9.17, 15) is 4.79 Å². The molecule has 0 aromatic heterocycles. The Kier molecular flexibility index (Phi) is 2.29. The van der Waals surface area contributed by atoms with Crippen LogP contribution >= 0.6 is 0 Å². The van der Waals surface area contributed by atoms with Gasteiger partial charge in [-0.3, -0.25) is 4.79 Å². The minimum atomic E-state index is 0.0973. The summed E-state index contributed by atoms with van der Waals surface area (Å²) in [6.45, 7) is 4.37. The first kappa shape index (κ1) is 10.2. The zero-order valence-electron chi connectivity index (χ0n) is 9.46. The molecule has 80 valence electrons. The van der Waals surface area contributed by atoms with Crippen molar-refractivity contribution in [3.8, 4) is 5.75 Å². The molecule has 1 aliphatic rings. The minimum absolute atomic E-state index is 0.0973. The number of ether oxygens (including phenoxy) is 1. The lowest BCUT2D eigenvalue weighted by Gasteiger charge is -2.21. The van der Waals surface area contributed by atoms with Crippen LogP contribution in [0.15, 0.2) is 12.1 Å². The second-order valence-electron chi connectivity index (χ2n) is 4.71. The van der Waals surface area contributed by atoms with Gasteiger partial charge in [-0.25, -0.2) is 0 Å². The molecule has 2 rings (SSSR count). The summed E-state index contributed by atoms with van der Waals surface area (Å²) in [5.41, 5.74) is 3.30. The van der Waals surface area contributed by atoms with Crippen molar-refractivity contribution >= 4 is 6.29 Å². The number of methoxy groups -OCH3 is 1. The Bertz CT molecular complexity index is 405. The van der Waals surface area contributed by atoms with E-state index in [1.807, 2.05) is 12.1 Å². The smallest absolute Gasteiger partial charge is 0.150 e. The predicted octanol–water partition coefficient (Wildman–Crippen LogP) is 2.73. The molecule has 0 bridgehead atoms. The Morgan fingerprint density at radius 3 is 2.73 bits per heavy atom. The van der Waals surface area contributed by atoms with Crippen LogP contribution in [0.3, 0.4) is 0 Å². The highest BCUT2D eigenvalue weighted by atomic mass is 16.5. The molecular weight excluding hydrogens is 188 g/mol. The normalized spacial score (nSPS) is 17.3. The van der Waals surface area contributed by atoms with Gasteiger partial charge in [-0.1, -0.05) is 13.8 Å². The van der Waals surface area contributed by atoms with Crippen LogP contribution in [0, 0.1) is 0 Å². The number of hydrogen-bond acceptors (Lipinski definition) is 2. The maximum Gasteiger partial charge on any atom is 0.150 e. The van der Waals surface area contributed by atoms with Crippen LogP contribution in [0.4, 0.5) is 0 Å². The molecule has 1 aromatic carbocycles. The van der Waals surface area contributed by atoms with Gasteiger partial charge in [0.15, 0.2) is 0 Å². The number of benzene rings is 1. The Balaban J connectivity index is 2.68. The van der Waals surface area contributed by atoms with E-state index in [1.165, 1.54) is 11.1 Å². The fraction of sp³-hybridized carbons (Fsp3) is 0.462. The Labute approximate surface area is 90.3 Å². The molecule has 0 spiro atoms. The first-order valence-electron chi connectivity index (χ1n) is 5.25. The van der Waals surface area contributed by atoms with E-state index in [-0.39, 0.29) is 5.41 Å². The topological polar surface area (TPSA) is 26.3 Å². The van der Waals surface area contributed by atoms with Crippen molar-refractivity contribution in [2.45, 2.75) is 32.1 Å². The molecule has 0 saturated carbocycles. The molecule has 0 N–H and O–H groups in total. The maximum absolute atomic E-state index is 11.0. The van der Waals surface area contributed by atoms with Crippen molar-refractivity contribution < 1.29 is 9.53 Å². The molecule has 0 unspecified atom stereocenters. The van der Waals surface area contributed by atoms with Gasteiger partial charge >= 0.3 is 0 Å². The van der Waals surface area contributed by atoms with Crippen LogP contribution < -0.4 is 4.74 Å². The van der Waals surface area contributed by atoms with Gasteiger partial charge < -0.3 is 4.74 Å². The van der Waals surface area contributed by atoms with Crippen LogP contribution in [-0.4, -0.2) is 13.4 Å². The standard InChI is InChI=1S/C13H16O2/c1-13(2)7-6-10-11(15-3)5-4-9(8-14)12(10)13/h4-5,8H,6-7H2,1-3H3. The van der Waals surface area contributed by atoms with Crippen LogP contribution in [0.25, 0.3) is 0 Å². The lowest BCUT2D eigenvalue weighted by molar-refractivity contribution is 0.112. The summed E-state index contributed by atoms with van der Waals surface area (Å²) >= 11 is 0. The molecule has 0 amide bonds. The highest BCUT2D eigenvalue weighted by Gasteiger charge is 2.34. The number of carbonyl (C=O) groups is 1. The lowest BCUT2D eigenvalue weighted by Crippen LogP contribution is -2.14. The zero-order valence-corrected chi connectivity index (χ0v) is 9.46. The molecule has 2 nitrogen and oxygen atoms in total. The second kappa shape index (κ2) is 3.37. The molecule has 15 heavy (non-hydrogen) atoms. The van der Waals surface area contributed by atoms with Crippen LogP contribution in [0.1, 0.15) is 41.8 Å². The average molecular weight is 204 g/mol. The van der Waals surface area contributed by atoms with E-state index in [1.54, 1.807) is 7.11 Å². The second-order valence-corrected chi connectivity index (χ2v) is 4.71. The summed E-state index contributed by atoms with van der Waals surface area (Å²) in [6, 6.07) is 3.75. The van der Waals surface area contributed by atoms with Gasteiger partial charge in [-0.15, -0.1) is 0 Å². The van der Waals surface area contributed by atoms with E-state index in [4.69, 9.17) is 4.74 Å². The van der Waals surface area contributed by atoms with Gasteiger partial charge in [0.05, 0.1) is 7.11 Å². The number of carbonyl (C=O) groups excluding carboxylic acids is 1. The van der Waals surface area contributed by atoms with Crippen LogP contribution in [0.2, 0.25) is 0 Å². The molecule has 0 heterocycles. The zero-order chi connectivity index (χ0) is 11.1. The van der Waals surface area contributed by atoms with Crippen molar-refractivity contribution in [2.75, 3.05) is 7.11 Å². The molecule has 0 radical (unpaired) electrons. The fourth-order valence-corrected chi connectivity index (χ4v) is 2.55. The third-order valence-electron chi connectivity index (χ3n) is 3.33. The quantitative estimate of drug-likeness (QED) is 0.692. The SMILES string of the molecule is COc1ccc(C=O)c2c1CCC2(C)C. The summed E-state index contributed by atoms with van der Waals surface area (Å²) in [6.07, 6.45) is 3.04. The molecule has 0 aliphatic heterocycles. The molecular formula is C13H16O2. The molecule has 2 heteroatoms. The van der Waals surface area contributed by atoms with Gasteiger partial charge in [0.25, 0.3) is 0 Å². The van der Waals surface area contributed by atoms with E-state index >= 15 is 0 Å². The minimum Gasteiger partial charge on any atom is -0.496 e. The van der Waals surface area contributed by atoms with Crippen molar-refractivity contribution in [3.63, 3.8) is 0 Å². The van der Waals surface area contributed by atoms with Crippen molar-refractivity contribution in [3.05, 3.63) is 28.8 Å². The highest BCUT2D eigenvalue weighted by molar-refractivity contribution is 5.80. The number of rotatable bonds is 2. The first-order chi connectivity index (χ1) is 7.10. The number of hydrogen-bond donors (Lipinski definition) is 0. The summed E-state index contributed by atoms with van der Waals surface area (Å²) in [4.78, 5) is 11.0. The van der Waals surface area contributed by atoms with Crippen LogP contribution in [-0.2, 0) is 11.8 Å². The summed E-state index contributed by atoms with van der Waals surface area (Å²) in [5.74, 6) is 0.918. The number of aldehydes is 1. The molecule has 1 aliphatic carbocycles. The predicted molar refractivity (Wildman–Crippen MR) is 59.7 cm³/mol. The molecule has 0 fully saturated rings. The van der Waals surface area contributed by atoms with E-state index in [0.29, 0.717) is 0 Å². The third-order valence-corrected chi connectivity index (χ3v) is 3.33. The van der Waals surface area contributed by atoms with E-state index in [0.717, 1.165) is 30.4 Å². The van der Waals surface area contributed by atoms with Crippen molar-refractivity contribution in [1.82, 2.24) is 0 Å². The van der Waals surface area contributed by atoms with Crippen molar-refractivity contribution in [1.29, 1.82) is 0 Å².